The third-order valence-electron chi connectivity index (χ3n) is 4.71. The summed E-state index contributed by atoms with van der Waals surface area (Å²) < 4.78 is 0. The number of anilines is 1. The van der Waals surface area contributed by atoms with Gasteiger partial charge in [-0.05, 0) is 30.5 Å². The number of aromatic nitrogens is 1. The molecule has 4 heterocycles. The van der Waals surface area contributed by atoms with Gasteiger partial charge in [-0.25, -0.2) is 0 Å². The van der Waals surface area contributed by atoms with Crippen molar-refractivity contribution in [3.05, 3.63) is 46.4 Å². The van der Waals surface area contributed by atoms with E-state index in [0.717, 1.165) is 31.7 Å². The second-order valence-corrected chi connectivity index (χ2v) is 7.65. The molecule has 1 atom stereocenters. The lowest BCUT2D eigenvalue weighted by molar-refractivity contribution is -0.110. The highest BCUT2D eigenvalue weighted by molar-refractivity contribution is 7.09. The lowest BCUT2D eigenvalue weighted by atomic mass is 9.96. The number of nitrogens with zero attached hydrogens (tertiary/aromatic N) is 3. The molecule has 25 heavy (non-hydrogen) atoms. The highest BCUT2D eigenvalue weighted by Crippen LogP contribution is 2.35. The molecule has 0 aromatic carbocycles. The predicted molar refractivity (Wildman–Crippen MR) is 97.7 cm³/mol. The van der Waals surface area contributed by atoms with Crippen molar-refractivity contribution in [1.29, 1.82) is 0 Å². The maximum absolute atomic E-state index is 12.5. The van der Waals surface area contributed by atoms with Crippen LogP contribution < -0.4 is 5.32 Å². The first-order chi connectivity index (χ1) is 12.1. The number of rotatable bonds is 4. The molecule has 6 nitrogen and oxygen atoms in total. The summed E-state index contributed by atoms with van der Waals surface area (Å²) in [6, 6.07) is 7.86. The first-order valence-corrected chi connectivity index (χ1v) is 9.24. The molecule has 0 bridgehead atoms. The Morgan fingerprint density at radius 3 is 3.16 bits per heavy atom. The Bertz CT molecular complexity index is 805. The zero-order valence-electron chi connectivity index (χ0n) is 14.1. The number of hydrogen-bond donors (Lipinski definition) is 1. The molecule has 7 heteroatoms. The lowest BCUT2D eigenvalue weighted by Crippen LogP contribution is -2.35. The first kappa shape index (κ1) is 16.2. The third kappa shape index (κ3) is 3.43. The van der Waals surface area contributed by atoms with E-state index in [4.69, 9.17) is 4.84 Å². The zero-order chi connectivity index (χ0) is 17.3. The monoisotopic (exact) mass is 356 g/mol. The molecule has 130 valence electrons. The molecule has 2 aliphatic heterocycles. The van der Waals surface area contributed by atoms with Crippen LogP contribution in [0.3, 0.4) is 0 Å². The van der Waals surface area contributed by atoms with E-state index in [1.165, 1.54) is 4.88 Å². The molecule has 1 spiro atoms. The normalized spacial score (nSPS) is 22.8. The highest BCUT2D eigenvalue weighted by Gasteiger charge is 2.46. The van der Waals surface area contributed by atoms with Crippen molar-refractivity contribution in [2.75, 3.05) is 18.4 Å². The highest BCUT2D eigenvalue weighted by atomic mass is 32.1. The van der Waals surface area contributed by atoms with Gasteiger partial charge in [0.1, 0.15) is 5.71 Å². The molecule has 1 saturated heterocycles. The van der Waals surface area contributed by atoms with E-state index >= 15 is 0 Å². The summed E-state index contributed by atoms with van der Waals surface area (Å²) in [5.74, 6) is -0.204. The fraction of sp³-hybridized carbons (Fsp3) is 0.389. The summed E-state index contributed by atoms with van der Waals surface area (Å²) in [7, 11) is 0. The van der Waals surface area contributed by atoms with Crippen molar-refractivity contribution in [2.24, 2.45) is 5.16 Å². The van der Waals surface area contributed by atoms with E-state index in [1.807, 2.05) is 13.0 Å². The predicted octanol–water partition coefficient (Wildman–Crippen LogP) is 2.81. The molecule has 1 amide bonds. The Morgan fingerprint density at radius 2 is 2.36 bits per heavy atom. The van der Waals surface area contributed by atoms with Crippen LogP contribution in [0, 0.1) is 6.92 Å². The maximum atomic E-state index is 12.5. The molecular weight excluding hydrogens is 336 g/mol. The van der Waals surface area contributed by atoms with Gasteiger partial charge in [0.25, 0.3) is 5.91 Å². The van der Waals surface area contributed by atoms with E-state index < -0.39 is 0 Å². The van der Waals surface area contributed by atoms with Crippen molar-refractivity contribution >= 4 is 28.6 Å². The van der Waals surface area contributed by atoms with E-state index in [-0.39, 0.29) is 11.5 Å². The summed E-state index contributed by atoms with van der Waals surface area (Å²) in [5, 5.41) is 9.07. The molecular formula is C18H20N4O2S. The van der Waals surface area contributed by atoms with Gasteiger partial charge in [-0.3, -0.25) is 14.7 Å². The second-order valence-electron chi connectivity index (χ2n) is 6.62. The fourth-order valence-corrected chi connectivity index (χ4v) is 4.10. The van der Waals surface area contributed by atoms with Gasteiger partial charge in [0, 0.05) is 43.5 Å². The molecule has 1 N–H and O–H groups in total. The zero-order valence-corrected chi connectivity index (χ0v) is 14.9. The van der Waals surface area contributed by atoms with Crippen LogP contribution in [0.1, 0.15) is 23.4 Å². The Morgan fingerprint density at radius 1 is 1.44 bits per heavy atom. The summed E-state index contributed by atoms with van der Waals surface area (Å²) in [6.07, 6.45) is 3.15. The first-order valence-electron chi connectivity index (χ1n) is 8.36. The average Bonchev–Trinajstić information content (AvgIpc) is 3.33. The molecule has 0 aliphatic carbocycles. The Labute approximate surface area is 150 Å². The van der Waals surface area contributed by atoms with Crippen molar-refractivity contribution in [3.8, 4) is 0 Å². The largest absolute Gasteiger partial charge is 0.387 e. The van der Waals surface area contributed by atoms with Crippen LogP contribution in [-0.4, -0.2) is 40.2 Å². The molecule has 0 radical (unpaired) electrons. The average molecular weight is 356 g/mol. The summed E-state index contributed by atoms with van der Waals surface area (Å²) in [6.45, 7) is 4.56. The van der Waals surface area contributed by atoms with E-state index in [9.17, 15) is 4.79 Å². The fourth-order valence-electron chi connectivity index (χ4n) is 3.36. The second kappa shape index (κ2) is 6.57. The van der Waals surface area contributed by atoms with E-state index in [2.05, 4.69) is 37.9 Å². The number of oxime groups is 1. The van der Waals surface area contributed by atoms with E-state index in [1.54, 1.807) is 23.6 Å². The number of pyridine rings is 1. The van der Waals surface area contributed by atoms with Gasteiger partial charge in [0.15, 0.2) is 5.60 Å². The van der Waals surface area contributed by atoms with Gasteiger partial charge in [-0.1, -0.05) is 11.2 Å². The maximum Gasteiger partial charge on any atom is 0.273 e. The molecule has 0 saturated carbocycles. The minimum Gasteiger partial charge on any atom is -0.387 e. The van der Waals surface area contributed by atoms with Gasteiger partial charge >= 0.3 is 0 Å². The number of aryl methyl sites for hydroxylation is 1. The summed E-state index contributed by atoms with van der Waals surface area (Å²) in [4.78, 5) is 26.1. The van der Waals surface area contributed by atoms with Crippen molar-refractivity contribution in [1.82, 2.24) is 9.88 Å². The minimum atomic E-state index is -0.353. The SMILES string of the molecule is Cc1ncccc1NC(=O)C1=NO[C@@]2(CCN(Cc3cccs3)C2)C1. The molecule has 2 aliphatic rings. The summed E-state index contributed by atoms with van der Waals surface area (Å²) in [5.41, 5.74) is 1.60. The molecule has 0 unspecified atom stereocenters. The molecule has 2 aromatic rings. The van der Waals surface area contributed by atoms with Gasteiger partial charge in [0.2, 0.25) is 0 Å². The molecule has 1 fully saturated rings. The van der Waals surface area contributed by atoms with E-state index in [0.29, 0.717) is 17.8 Å². The molecule has 4 rings (SSSR count). The topological polar surface area (TPSA) is 66.8 Å². The number of thiophene rings is 1. The number of nitrogens with one attached hydrogen (secondary N) is 1. The van der Waals surface area contributed by atoms with Gasteiger partial charge in [-0.15, -0.1) is 11.3 Å². The third-order valence-corrected chi connectivity index (χ3v) is 5.57. The number of likely N-dealkylation sites (tertiary alicyclic amines) is 1. The minimum absolute atomic E-state index is 0.204. The van der Waals surface area contributed by atoms with Gasteiger partial charge in [-0.2, -0.15) is 0 Å². The number of carbonyl (C=O) groups excluding carboxylic acids is 1. The standard InChI is InChI=1S/C18H20N4O2S/c1-13-15(5-2-7-19-13)20-17(23)16-10-18(24-21-16)6-8-22(12-18)11-14-4-3-9-25-14/h2-5,7,9H,6,8,10-12H2,1H3,(H,20,23)/t18-/m0/s1. The van der Waals surface area contributed by atoms with Gasteiger partial charge in [0.05, 0.1) is 11.4 Å². The van der Waals surface area contributed by atoms with Crippen LogP contribution in [0.25, 0.3) is 0 Å². The van der Waals surface area contributed by atoms with Crippen LogP contribution in [0.2, 0.25) is 0 Å². The number of carbonyl (C=O) groups is 1. The smallest absolute Gasteiger partial charge is 0.273 e. The van der Waals surface area contributed by atoms with Crippen LogP contribution in [0.4, 0.5) is 5.69 Å². The lowest BCUT2D eigenvalue weighted by Gasteiger charge is -2.21. The van der Waals surface area contributed by atoms with Crippen LogP contribution in [0.5, 0.6) is 0 Å². The Balaban J connectivity index is 1.36. The molecule has 2 aromatic heterocycles. The van der Waals surface area contributed by atoms with Crippen molar-refractivity contribution in [3.63, 3.8) is 0 Å². The quantitative estimate of drug-likeness (QED) is 0.915. The van der Waals surface area contributed by atoms with Crippen molar-refractivity contribution in [2.45, 2.75) is 31.9 Å². The van der Waals surface area contributed by atoms with Crippen LogP contribution in [-0.2, 0) is 16.2 Å². The van der Waals surface area contributed by atoms with Gasteiger partial charge < -0.3 is 10.2 Å². The Hall–Kier alpha value is -2.25. The van der Waals surface area contributed by atoms with Crippen molar-refractivity contribution < 1.29 is 9.63 Å². The number of amides is 1. The summed E-state index contributed by atoms with van der Waals surface area (Å²) >= 11 is 1.77. The van der Waals surface area contributed by atoms with Crippen LogP contribution >= 0.6 is 11.3 Å². The Kier molecular flexibility index (Phi) is 4.27. The number of hydrogen-bond acceptors (Lipinski definition) is 6. The van der Waals surface area contributed by atoms with Crippen LogP contribution in [0.15, 0.2) is 41.0 Å².